The summed E-state index contributed by atoms with van der Waals surface area (Å²) in [5.74, 6) is 0. The summed E-state index contributed by atoms with van der Waals surface area (Å²) in [4.78, 5) is 2.46. The molecule has 0 aliphatic rings. The van der Waals surface area contributed by atoms with Crippen LogP contribution in [-0.2, 0) is 0 Å². The molecule has 0 bridgehead atoms. The minimum Gasteiger partial charge on any atom is -0.310 e. The van der Waals surface area contributed by atoms with Crippen molar-refractivity contribution in [2.45, 2.75) is 0 Å². The van der Waals surface area contributed by atoms with E-state index >= 15 is 0 Å². The number of benzene rings is 12. The third-order valence-corrected chi connectivity index (χ3v) is 13.8. The molecule has 0 fully saturated rings. The van der Waals surface area contributed by atoms with E-state index in [1.807, 2.05) is 0 Å². The Bertz CT molecular complexity index is 4130. The van der Waals surface area contributed by atoms with Crippen LogP contribution in [0.25, 0.3) is 114 Å². The van der Waals surface area contributed by atoms with Crippen LogP contribution in [0.4, 0.5) is 17.1 Å². The minimum absolute atomic E-state index is 1.09. The highest BCUT2D eigenvalue weighted by atomic mass is 15.1. The Kier molecular flexibility index (Phi) is 7.43. The average Bonchev–Trinajstić information content (AvgIpc) is 3.69. The van der Waals surface area contributed by atoms with Gasteiger partial charge < -0.3 is 9.47 Å². The fraction of sp³-hybridized carbons (Fsp3) is 0. The normalized spacial score (nSPS) is 12.1. The highest BCUT2D eigenvalue weighted by Gasteiger charge is 2.21. The molecule has 1 aromatic heterocycles. The zero-order valence-corrected chi connectivity index (χ0v) is 34.8. The van der Waals surface area contributed by atoms with Crippen molar-refractivity contribution in [2.75, 3.05) is 4.90 Å². The first-order chi connectivity index (χ1) is 31.7. The van der Waals surface area contributed by atoms with Crippen LogP contribution < -0.4 is 4.90 Å². The molecule has 0 unspecified atom stereocenters. The molecule has 2 nitrogen and oxygen atoms in total. The largest absolute Gasteiger partial charge is 0.310 e. The van der Waals surface area contributed by atoms with Crippen LogP contribution in [0.1, 0.15) is 0 Å². The summed E-state index contributed by atoms with van der Waals surface area (Å²) in [7, 11) is 0. The van der Waals surface area contributed by atoms with Gasteiger partial charge in [0.1, 0.15) is 0 Å². The van der Waals surface area contributed by atoms with E-state index < -0.39 is 0 Å². The Morgan fingerprint density at radius 2 is 0.750 bits per heavy atom. The molecule has 1 heterocycles. The second-order valence-electron chi connectivity index (χ2n) is 17.2. The number of hydrogen-bond donors (Lipinski definition) is 0. The maximum Gasteiger partial charge on any atom is 0.0541 e. The highest BCUT2D eigenvalue weighted by molar-refractivity contribution is 6.37. The number of para-hydroxylation sites is 2. The maximum absolute atomic E-state index is 2.46. The van der Waals surface area contributed by atoms with Gasteiger partial charge >= 0.3 is 0 Å². The molecule has 2 heteroatoms. The van der Waals surface area contributed by atoms with Crippen molar-refractivity contribution < 1.29 is 0 Å². The Labute approximate surface area is 369 Å². The van der Waals surface area contributed by atoms with E-state index in [4.69, 9.17) is 0 Å². The number of fused-ring (bicyclic) bond motifs is 6. The predicted molar refractivity (Wildman–Crippen MR) is 275 cm³/mol. The first kappa shape index (κ1) is 35.2. The lowest BCUT2D eigenvalue weighted by molar-refractivity contribution is 1.17. The lowest BCUT2D eigenvalue weighted by Crippen LogP contribution is -2.11. The molecule has 0 aliphatic heterocycles. The molecule has 13 aromatic carbocycles. The molecule has 0 saturated heterocycles. The molecule has 14 aromatic rings. The first-order valence-electron chi connectivity index (χ1n) is 22.2. The van der Waals surface area contributed by atoms with E-state index in [2.05, 4.69) is 240 Å². The van der Waals surface area contributed by atoms with Crippen LogP contribution in [0.15, 0.2) is 231 Å². The molecule has 0 aliphatic carbocycles. The van der Waals surface area contributed by atoms with E-state index in [9.17, 15) is 0 Å². The highest BCUT2D eigenvalue weighted by Crippen LogP contribution is 2.47. The first-order valence-corrected chi connectivity index (χ1v) is 22.2. The van der Waals surface area contributed by atoms with Crippen molar-refractivity contribution >= 4 is 114 Å². The monoisotopic (exact) mass is 810 g/mol. The fourth-order valence-electron chi connectivity index (χ4n) is 11.1. The molecule has 14 rings (SSSR count). The van der Waals surface area contributed by atoms with Gasteiger partial charge in [0.15, 0.2) is 0 Å². The maximum atomic E-state index is 2.46. The molecule has 0 amide bonds. The quantitative estimate of drug-likeness (QED) is 0.157. The standard InChI is InChI=1S/C62H38N2/c1-2-19-49-39(12-1)13-7-22-50(49)40-32-34-45(35-33-40)63(46-17-11-18-47(37-46)64-57-26-5-3-20-51(57)52-21-4-6-27-58(52)64)48-36-44-31-30-43-15-9-24-54-53-23-8-14-41-28-29-42-16-10-25-55(61(42)59(41)53)56(38-48)62(44)60(43)54/h1-38H. The Balaban J connectivity index is 1.07. The Morgan fingerprint density at radius 1 is 0.266 bits per heavy atom. The van der Waals surface area contributed by atoms with Gasteiger partial charge in [-0.05, 0) is 141 Å². The molecule has 296 valence electrons. The lowest BCUT2D eigenvalue weighted by Gasteiger charge is -2.27. The van der Waals surface area contributed by atoms with Crippen LogP contribution in [0.3, 0.4) is 0 Å². The zero-order valence-electron chi connectivity index (χ0n) is 34.8. The van der Waals surface area contributed by atoms with Crippen LogP contribution >= 0.6 is 0 Å². The van der Waals surface area contributed by atoms with Crippen LogP contribution in [0, 0.1) is 0 Å². The summed E-state index contributed by atoms with van der Waals surface area (Å²) in [6.07, 6.45) is 0. The molecule has 0 spiro atoms. The third kappa shape index (κ3) is 5.08. The van der Waals surface area contributed by atoms with Crippen molar-refractivity contribution in [2.24, 2.45) is 0 Å². The summed E-state index contributed by atoms with van der Waals surface area (Å²) in [5.41, 5.74) is 9.21. The van der Waals surface area contributed by atoms with E-state index in [1.165, 1.54) is 108 Å². The van der Waals surface area contributed by atoms with Crippen molar-refractivity contribution in [3.63, 3.8) is 0 Å². The van der Waals surface area contributed by atoms with Crippen LogP contribution in [-0.4, -0.2) is 4.57 Å². The van der Waals surface area contributed by atoms with E-state index in [0.29, 0.717) is 0 Å². The SMILES string of the molecule is c1cc(N(c2ccc(-c3cccc4ccccc34)cc2)c2cc3ccc4cccc5c6cccc7ccc8cccc(c(c2)c3c45)c8c76)cc(-n2c3ccccc3c3ccccc32)c1. The number of aromatic nitrogens is 1. The van der Waals surface area contributed by atoms with Crippen molar-refractivity contribution in [1.82, 2.24) is 4.57 Å². The van der Waals surface area contributed by atoms with E-state index in [-0.39, 0.29) is 0 Å². The van der Waals surface area contributed by atoms with Gasteiger partial charge in [0.05, 0.1) is 11.0 Å². The molecule has 64 heavy (non-hydrogen) atoms. The van der Waals surface area contributed by atoms with Gasteiger partial charge in [0, 0.05) is 33.5 Å². The number of rotatable bonds is 5. The van der Waals surface area contributed by atoms with E-state index in [0.717, 1.165) is 22.7 Å². The average molecular weight is 811 g/mol. The summed E-state index contributed by atoms with van der Waals surface area (Å²) >= 11 is 0. The summed E-state index contributed by atoms with van der Waals surface area (Å²) in [6.45, 7) is 0. The number of nitrogens with zero attached hydrogens (tertiary/aromatic N) is 2. The summed E-state index contributed by atoms with van der Waals surface area (Å²) < 4.78 is 2.42. The van der Waals surface area contributed by atoms with Crippen molar-refractivity contribution in [3.05, 3.63) is 231 Å². The van der Waals surface area contributed by atoms with Gasteiger partial charge in [0.2, 0.25) is 0 Å². The zero-order chi connectivity index (χ0) is 41.9. The molecule has 0 saturated carbocycles. The van der Waals surface area contributed by atoms with Gasteiger partial charge in [-0.15, -0.1) is 0 Å². The molecule has 0 radical (unpaired) electrons. The smallest absolute Gasteiger partial charge is 0.0541 e. The molecule has 0 atom stereocenters. The van der Waals surface area contributed by atoms with Gasteiger partial charge in [-0.2, -0.15) is 0 Å². The van der Waals surface area contributed by atoms with Crippen LogP contribution in [0.5, 0.6) is 0 Å². The Hall–Kier alpha value is -8.46. The minimum atomic E-state index is 1.09. The topological polar surface area (TPSA) is 8.17 Å². The van der Waals surface area contributed by atoms with E-state index in [1.54, 1.807) is 0 Å². The summed E-state index contributed by atoms with van der Waals surface area (Å²) in [6, 6.07) is 85.6. The van der Waals surface area contributed by atoms with Crippen molar-refractivity contribution in [3.8, 4) is 16.8 Å². The number of anilines is 3. The molecule has 0 N–H and O–H groups in total. The third-order valence-electron chi connectivity index (χ3n) is 13.8. The molecular formula is C62H38N2. The fourth-order valence-corrected chi connectivity index (χ4v) is 11.1. The van der Waals surface area contributed by atoms with Gasteiger partial charge in [-0.1, -0.05) is 176 Å². The Morgan fingerprint density at radius 3 is 1.41 bits per heavy atom. The van der Waals surface area contributed by atoms with Crippen molar-refractivity contribution in [1.29, 1.82) is 0 Å². The summed E-state index contributed by atoms with van der Waals surface area (Å²) in [5, 5.41) is 20.3. The lowest BCUT2D eigenvalue weighted by atomic mass is 9.87. The van der Waals surface area contributed by atoms with Gasteiger partial charge in [-0.3, -0.25) is 0 Å². The van der Waals surface area contributed by atoms with Gasteiger partial charge in [-0.25, -0.2) is 0 Å². The second-order valence-corrected chi connectivity index (χ2v) is 17.2. The van der Waals surface area contributed by atoms with Gasteiger partial charge in [0.25, 0.3) is 0 Å². The predicted octanol–water partition coefficient (Wildman–Crippen LogP) is 17.4. The molecular weight excluding hydrogens is 773 g/mol. The number of hydrogen-bond acceptors (Lipinski definition) is 1. The van der Waals surface area contributed by atoms with Crippen LogP contribution in [0.2, 0.25) is 0 Å². The second kappa shape index (κ2) is 13.5.